The molecule has 4 aromatic rings. The molecule has 1 aliphatic rings. The van der Waals surface area contributed by atoms with Gasteiger partial charge in [-0.1, -0.05) is 78.5 Å². The van der Waals surface area contributed by atoms with Crippen LogP contribution in [0, 0.1) is 0 Å². The lowest BCUT2D eigenvalue weighted by Crippen LogP contribution is -2.24. The van der Waals surface area contributed by atoms with Crippen LogP contribution in [0.5, 0.6) is 0 Å². The number of thiophene rings is 1. The number of rotatable bonds is 7. The predicted octanol–water partition coefficient (Wildman–Crippen LogP) is 6.55. The number of fused-ring (bicyclic) bond motifs is 3. The maximum atomic E-state index is 13.5. The molecule has 0 aliphatic heterocycles. The molecule has 0 atom stereocenters. The summed E-state index contributed by atoms with van der Waals surface area (Å²) < 4.78 is 1.70. The summed E-state index contributed by atoms with van der Waals surface area (Å²) in [5, 5.41) is 1.36. The highest BCUT2D eigenvalue weighted by Crippen LogP contribution is 2.35. The van der Waals surface area contributed by atoms with Crippen LogP contribution in [-0.4, -0.2) is 21.1 Å². The van der Waals surface area contributed by atoms with Crippen molar-refractivity contribution in [3.63, 3.8) is 0 Å². The maximum absolute atomic E-state index is 13.5. The Morgan fingerprint density at radius 1 is 1.06 bits per heavy atom. The molecule has 0 N–H and O–H groups in total. The molecule has 0 radical (unpaired) electrons. The molecule has 0 fully saturated rings. The van der Waals surface area contributed by atoms with Gasteiger partial charge in [0.15, 0.2) is 10.9 Å². The summed E-state index contributed by atoms with van der Waals surface area (Å²) in [6.45, 7) is 6.32. The Labute approximate surface area is 207 Å². The summed E-state index contributed by atoms with van der Waals surface area (Å²) >= 11 is 2.98. The molecule has 2 aromatic carbocycles. The first kappa shape index (κ1) is 22.8. The smallest absolute Gasteiger partial charge is 0.263 e. The summed E-state index contributed by atoms with van der Waals surface area (Å²) in [6, 6.07) is 17.8. The lowest BCUT2D eigenvalue weighted by atomic mass is 9.97. The summed E-state index contributed by atoms with van der Waals surface area (Å²) in [5.74, 6) is 0.246. The second-order valence-electron chi connectivity index (χ2n) is 8.79. The zero-order chi connectivity index (χ0) is 23.7. The van der Waals surface area contributed by atoms with Crippen LogP contribution in [0.15, 0.2) is 76.7 Å². The highest BCUT2D eigenvalue weighted by Gasteiger charge is 2.22. The van der Waals surface area contributed by atoms with Crippen LogP contribution < -0.4 is 5.56 Å². The minimum atomic E-state index is -0.00503. The molecule has 2 heterocycles. The predicted molar refractivity (Wildman–Crippen MR) is 142 cm³/mol. The molecule has 5 rings (SSSR count). The van der Waals surface area contributed by atoms with Crippen molar-refractivity contribution in [3.05, 3.63) is 93.1 Å². The van der Waals surface area contributed by atoms with Crippen LogP contribution in [0.4, 0.5) is 0 Å². The zero-order valence-electron chi connectivity index (χ0n) is 19.2. The number of allylic oxidation sites excluding steroid dienone is 1. The fourth-order valence-electron chi connectivity index (χ4n) is 4.43. The number of hydrogen-bond donors (Lipinski definition) is 0. The Hall–Kier alpha value is -2.96. The van der Waals surface area contributed by atoms with E-state index in [-0.39, 0.29) is 17.1 Å². The fourth-order valence-corrected chi connectivity index (χ4v) is 6.63. The highest BCUT2D eigenvalue weighted by molar-refractivity contribution is 7.99. The van der Waals surface area contributed by atoms with E-state index in [1.54, 1.807) is 15.9 Å². The monoisotopic (exact) mass is 486 g/mol. The minimum Gasteiger partial charge on any atom is -0.293 e. The largest absolute Gasteiger partial charge is 0.293 e. The van der Waals surface area contributed by atoms with Gasteiger partial charge in [-0.2, -0.15) is 0 Å². The quantitative estimate of drug-likeness (QED) is 0.129. The lowest BCUT2D eigenvalue weighted by molar-refractivity contribution is 0.102. The van der Waals surface area contributed by atoms with Crippen LogP contribution in [0.1, 0.15) is 40.6 Å². The number of Topliss-reactive ketones (excluding diaryl/α,β-unsaturated/α-hetero) is 1. The van der Waals surface area contributed by atoms with E-state index in [1.807, 2.05) is 49.4 Å². The summed E-state index contributed by atoms with van der Waals surface area (Å²) in [4.78, 5) is 33.4. The molecule has 0 saturated carbocycles. The van der Waals surface area contributed by atoms with E-state index in [0.29, 0.717) is 17.3 Å². The van der Waals surface area contributed by atoms with E-state index >= 15 is 0 Å². The van der Waals surface area contributed by atoms with Crippen molar-refractivity contribution in [1.82, 2.24) is 9.55 Å². The second kappa shape index (κ2) is 9.72. The number of nitrogens with zero attached hydrogens (tertiary/aromatic N) is 2. The molecule has 4 nitrogen and oxygen atoms in total. The van der Waals surface area contributed by atoms with Gasteiger partial charge in [-0.25, -0.2) is 4.98 Å². The molecular weight excluding hydrogens is 460 g/mol. The number of hydrogen-bond acceptors (Lipinski definition) is 5. The molecular formula is C28H26N2O2S2. The standard InChI is InChI=1S/C28H26N2O2S2/c1-18(2)16-30-27(32)25-22-10-6-7-11-24(22)34-26(25)29-28(30)33-17-23(31)21-14-12-20(13-15-21)19-8-4-3-5-9-19/h3-5,8-9,12-15H,1,6-7,10-11,16-17H2,2H3. The van der Waals surface area contributed by atoms with Gasteiger partial charge < -0.3 is 0 Å². The molecule has 1 aliphatic carbocycles. The topological polar surface area (TPSA) is 52.0 Å². The lowest BCUT2D eigenvalue weighted by Gasteiger charge is -2.13. The van der Waals surface area contributed by atoms with Gasteiger partial charge in [-0.05, 0) is 49.3 Å². The Morgan fingerprint density at radius 2 is 1.76 bits per heavy atom. The number of aromatic nitrogens is 2. The third-order valence-corrected chi connectivity index (χ3v) is 8.28. The normalized spacial score (nSPS) is 13.1. The van der Waals surface area contributed by atoms with Crippen molar-refractivity contribution in [1.29, 1.82) is 0 Å². The number of ketones is 1. The minimum absolute atomic E-state index is 0.00503. The van der Waals surface area contributed by atoms with Gasteiger partial charge >= 0.3 is 0 Å². The summed E-state index contributed by atoms with van der Waals surface area (Å²) in [5.41, 5.74) is 4.93. The van der Waals surface area contributed by atoms with Crippen LogP contribution in [-0.2, 0) is 19.4 Å². The van der Waals surface area contributed by atoms with Gasteiger partial charge in [0.2, 0.25) is 0 Å². The van der Waals surface area contributed by atoms with E-state index in [4.69, 9.17) is 4.98 Å². The van der Waals surface area contributed by atoms with Crippen molar-refractivity contribution < 1.29 is 4.79 Å². The van der Waals surface area contributed by atoms with Crippen molar-refractivity contribution in [2.45, 2.75) is 44.3 Å². The fraction of sp³-hybridized carbons (Fsp3) is 0.250. The maximum Gasteiger partial charge on any atom is 0.263 e. The van der Waals surface area contributed by atoms with Crippen molar-refractivity contribution in [2.24, 2.45) is 0 Å². The number of thioether (sulfide) groups is 1. The van der Waals surface area contributed by atoms with Gasteiger partial charge in [0, 0.05) is 17.0 Å². The number of aryl methyl sites for hydroxylation is 2. The molecule has 172 valence electrons. The van der Waals surface area contributed by atoms with E-state index < -0.39 is 0 Å². The molecule has 0 amide bonds. The van der Waals surface area contributed by atoms with Crippen LogP contribution in [0.25, 0.3) is 21.3 Å². The molecule has 0 spiro atoms. The van der Waals surface area contributed by atoms with Gasteiger partial charge in [-0.15, -0.1) is 11.3 Å². The van der Waals surface area contributed by atoms with E-state index in [0.717, 1.165) is 46.2 Å². The van der Waals surface area contributed by atoms with Gasteiger partial charge in [0.1, 0.15) is 4.83 Å². The number of carbonyl (C=O) groups excluding carboxylic acids is 1. The molecule has 0 saturated heterocycles. The SMILES string of the molecule is C=C(C)Cn1c(SCC(=O)c2ccc(-c3ccccc3)cc2)nc2sc3c(c2c1=O)CCCC3. The van der Waals surface area contributed by atoms with Gasteiger partial charge in [-0.3, -0.25) is 14.2 Å². The van der Waals surface area contributed by atoms with E-state index in [1.165, 1.54) is 28.6 Å². The van der Waals surface area contributed by atoms with Crippen molar-refractivity contribution >= 4 is 39.1 Å². The van der Waals surface area contributed by atoms with E-state index in [2.05, 4.69) is 18.7 Å². The third-order valence-electron chi connectivity index (χ3n) is 6.11. The molecule has 2 aromatic heterocycles. The first-order valence-corrected chi connectivity index (χ1v) is 13.3. The summed E-state index contributed by atoms with van der Waals surface area (Å²) in [6.07, 6.45) is 4.26. The molecule has 0 unspecified atom stereocenters. The molecule has 6 heteroatoms. The van der Waals surface area contributed by atoms with Crippen molar-refractivity contribution in [3.8, 4) is 11.1 Å². The average molecular weight is 487 g/mol. The van der Waals surface area contributed by atoms with Crippen LogP contribution in [0.2, 0.25) is 0 Å². The van der Waals surface area contributed by atoms with Crippen molar-refractivity contribution in [2.75, 3.05) is 5.75 Å². The van der Waals surface area contributed by atoms with Crippen LogP contribution >= 0.6 is 23.1 Å². The van der Waals surface area contributed by atoms with Gasteiger partial charge in [0.05, 0.1) is 11.1 Å². The molecule has 0 bridgehead atoms. The number of carbonyl (C=O) groups is 1. The Kier molecular flexibility index (Phi) is 6.53. The highest BCUT2D eigenvalue weighted by atomic mass is 32.2. The second-order valence-corrected chi connectivity index (χ2v) is 10.8. The first-order valence-electron chi connectivity index (χ1n) is 11.5. The third kappa shape index (κ3) is 4.52. The number of benzene rings is 2. The van der Waals surface area contributed by atoms with Gasteiger partial charge in [0.25, 0.3) is 5.56 Å². The van der Waals surface area contributed by atoms with Crippen LogP contribution in [0.3, 0.4) is 0 Å². The Bertz CT molecular complexity index is 1430. The zero-order valence-corrected chi connectivity index (χ0v) is 20.8. The summed E-state index contributed by atoms with van der Waals surface area (Å²) in [7, 11) is 0. The first-order chi connectivity index (χ1) is 16.5. The Balaban J connectivity index is 1.41. The Morgan fingerprint density at radius 3 is 2.50 bits per heavy atom. The average Bonchev–Trinajstić information content (AvgIpc) is 3.23. The molecule has 34 heavy (non-hydrogen) atoms. The van der Waals surface area contributed by atoms with E-state index in [9.17, 15) is 9.59 Å².